The predicted molar refractivity (Wildman–Crippen MR) is 68.8 cm³/mol. The Morgan fingerprint density at radius 1 is 1.47 bits per heavy atom. The Labute approximate surface area is 108 Å². The molecule has 2 rings (SSSR count). The molecule has 2 heterocycles. The lowest BCUT2D eigenvalue weighted by atomic mass is 10.4. The fraction of sp³-hybridized carbons (Fsp3) is 0.364. The van der Waals surface area contributed by atoms with Crippen molar-refractivity contribution in [2.45, 2.75) is 26.8 Å². The first kappa shape index (κ1) is 12.3. The summed E-state index contributed by atoms with van der Waals surface area (Å²) in [6, 6.07) is 1.33. The molecule has 2 aromatic rings. The normalized spacial score (nSPS) is 10.8. The van der Waals surface area contributed by atoms with Crippen molar-refractivity contribution in [1.29, 1.82) is 0 Å². The highest BCUT2D eigenvalue weighted by atomic mass is 35.5. The van der Waals surface area contributed by atoms with E-state index in [1.807, 2.05) is 19.2 Å². The van der Waals surface area contributed by atoms with Crippen molar-refractivity contribution >= 4 is 22.9 Å². The van der Waals surface area contributed by atoms with Gasteiger partial charge in [-0.15, -0.1) is 11.3 Å². The van der Waals surface area contributed by atoms with Crippen LogP contribution in [0.15, 0.2) is 16.2 Å². The van der Waals surface area contributed by atoms with Crippen LogP contribution in [0.5, 0.6) is 0 Å². The van der Waals surface area contributed by atoms with Gasteiger partial charge in [-0.3, -0.25) is 9.36 Å². The largest absolute Gasteiger partial charge is 0.290 e. The van der Waals surface area contributed by atoms with E-state index >= 15 is 0 Å². The average Bonchev–Trinajstić information content (AvgIpc) is 2.67. The number of rotatable bonds is 3. The summed E-state index contributed by atoms with van der Waals surface area (Å²) in [6.07, 6.45) is 0.666. The maximum atomic E-state index is 11.8. The third-order valence-electron chi connectivity index (χ3n) is 2.36. The number of aryl methyl sites for hydroxylation is 2. The Bertz CT molecular complexity index is 591. The Morgan fingerprint density at radius 3 is 2.82 bits per heavy atom. The molecule has 0 radical (unpaired) electrons. The van der Waals surface area contributed by atoms with E-state index in [0.717, 1.165) is 10.7 Å². The van der Waals surface area contributed by atoms with Crippen LogP contribution in [0.1, 0.15) is 23.4 Å². The van der Waals surface area contributed by atoms with E-state index in [9.17, 15) is 4.79 Å². The first-order chi connectivity index (χ1) is 8.10. The quantitative estimate of drug-likeness (QED) is 0.803. The second kappa shape index (κ2) is 4.98. The highest BCUT2D eigenvalue weighted by molar-refractivity contribution is 7.09. The van der Waals surface area contributed by atoms with Crippen molar-refractivity contribution in [2.24, 2.45) is 0 Å². The molecule has 0 unspecified atom stereocenters. The van der Waals surface area contributed by atoms with Gasteiger partial charge in [0, 0.05) is 17.9 Å². The molecule has 0 fully saturated rings. The van der Waals surface area contributed by atoms with Gasteiger partial charge in [-0.25, -0.2) is 9.97 Å². The zero-order valence-corrected chi connectivity index (χ0v) is 11.2. The lowest BCUT2D eigenvalue weighted by Crippen LogP contribution is -2.24. The molecule has 4 nitrogen and oxygen atoms in total. The number of nitrogens with zero attached hydrogens (tertiary/aromatic N) is 3. The summed E-state index contributed by atoms with van der Waals surface area (Å²) in [5, 5.41) is 3.20. The van der Waals surface area contributed by atoms with E-state index < -0.39 is 0 Å². The maximum Gasteiger partial charge on any atom is 0.255 e. The highest BCUT2D eigenvalue weighted by Crippen LogP contribution is 2.10. The maximum absolute atomic E-state index is 11.8. The fourth-order valence-electron chi connectivity index (χ4n) is 1.60. The standard InChI is InChI=1S/C11H12ClN3OS/c1-3-10-14-9(12)4-11(16)15(10)5-8-6-17-7(2)13-8/h4,6H,3,5H2,1-2H3. The van der Waals surface area contributed by atoms with Crippen LogP contribution < -0.4 is 5.56 Å². The van der Waals surface area contributed by atoms with Crippen molar-refractivity contribution in [3.8, 4) is 0 Å². The van der Waals surface area contributed by atoms with Crippen molar-refractivity contribution in [1.82, 2.24) is 14.5 Å². The van der Waals surface area contributed by atoms with Crippen LogP contribution in [0.4, 0.5) is 0 Å². The summed E-state index contributed by atoms with van der Waals surface area (Å²) < 4.78 is 1.61. The van der Waals surface area contributed by atoms with Gasteiger partial charge in [0.15, 0.2) is 0 Å². The summed E-state index contributed by atoms with van der Waals surface area (Å²) >= 11 is 7.34. The van der Waals surface area contributed by atoms with Gasteiger partial charge in [0.2, 0.25) is 0 Å². The molecule has 17 heavy (non-hydrogen) atoms. The van der Waals surface area contributed by atoms with Gasteiger partial charge >= 0.3 is 0 Å². The second-order valence-electron chi connectivity index (χ2n) is 3.63. The van der Waals surface area contributed by atoms with Crippen LogP contribution >= 0.6 is 22.9 Å². The van der Waals surface area contributed by atoms with Crippen LogP contribution in [0.2, 0.25) is 5.15 Å². The average molecular weight is 270 g/mol. The van der Waals surface area contributed by atoms with Crippen LogP contribution in [0.25, 0.3) is 0 Å². The molecule has 0 atom stereocenters. The van der Waals surface area contributed by atoms with Crippen molar-refractivity contribution < 1.29 is 0 Å². The molecule has 0 N–H and O–H groups in total. The van der Waals surface area contributed by atoms with E-state index in [1.165, 1.54) is 6.07 Å². The molecule has 6 heteroatoms. The van der Waals surface area contributed by atoms with E-state index in [0.29, 0.717) is 18.8 Å². The second-order valence-corrected chi connectivity index (χ2v) is 5.08. The van der Waals surface area contributed by atoms with E-state index in [4.69, 9.17) is 11.6 Å². The molecule has 0 bridgehead atoms. The van der Waals surface area contributed by atoms with Crippen molar-refractivity contribution in [3.05, 3.63) is 43.5 Å². The van der Waals surface area contributed by atoms with Gasteiger partial charge in [-0.05, 0) is 6.92 Å². The molecule has 0 spiro atoms. The van der Waals surface area contributed by atoms with Gasteiger partial charge in [0.05, 0.1) is 17.2 Å². The van der Waals surface area contributed by atoms with E-state index in [1.54, 1.807) is 15.9 Å². The Balaban J connectivity index is 2.41. The van der Waals surface area contributed by atoms with E-state index in [-0.39, 0.29) is 10.7 Å². The minimum Gasteiger partial charge on any atom is -0.290 e. The Kier molecular flexibility index (Phi) is 3.59. The number of aromatic nitrogens is 3. The van der Waals surface area contributed by atoms with Crippen LogP contribution in [0, 0.1) is 6.92 Å². The minimum absolute atomic E-state index is 0.132. The lowest BCUT2D eigenvalue weighted by molar-refractivity contribution is 0.665. The number of hydrogen-bond donors (Lipinski definition) is 0. The summed E-state index contributed by atoms with van der Waals surface area (Å²) in [4.78, 5) is 20.3. The van der Waals surface area contributed by atoms with Crippen LogP contribution in [-0.4, -0.2) is 14.5 Å². The predicted octanol–water partition coefficient (Wildman–Crippen LogP) is 2.27. The van der Waals surface area contributed by atoms with Crippen molar-refractivity contribution in [3.63, 3.8) is 0 Å². The van der Waals surface area contributed by atoms with Gasteiger partial charge in [0.1, 0.15) is 11.0 Å². The Hall–Kier alpha value is -1.20. The van der Waals surface area contributed by atoms with Gasteiger partial charge in [0.25, 0.3) is 5.56 Å². The molecule has 0 aromatic carbocycles. The first-order valence-corrected chi connectivity index (χ1v) is 6.53. The number of thiazole rings is 1. The van der Waals surface area contributed by atoms with Crippen LogP contribution in [-0.2, 0) is 13.0 Å². The van der Waals surface area contributed by atoms with Crippen LogP contribution in [0.3, 0.4) is 0 Å². The molecule has 0 aliphatic carbocycles. The molecular formula is C11H12ClN3OS. The summed E-state index contributed by atoms with van der Waals surface area (Å²) in [5.74, 6) is 0.688. The topological polar surface area (TPSA) is 47.8 Å². The number of halogens is 1. The monoisotopic (exact) mass is 269 g/mol. The summed E-state index contributed by atoms with van der Waals surface area (Å²) in [6.45, 7) is 4.34. The molecule has 0 saturated heterocycles. The SMILES string of the molecule is CCc1nc(Cl)cc(=O)n1Cc1csc(C)n1. The van der Waals surface area contributed by atoms with Gasteiger partial charge < -0.3 is 0 Å². The lowest BCUT2D eigenvalue weighted by Gasteiger charge is -2.09. The molecule has 0 saturated carbocycles. The summed E-state index contributed by atoms with van der Waals surface area (Å²) in [7, 11) is 0. The molecule has 90 valence electrons. The zero-order valence-electron chi connectivity index (χ0n) is 9.61. The summed E-state index contributed by atoms with van der Waals surface area (Å²) in [5.41, 5.74) is 0.751. The smallest absolute Gasteiger partial charge is 0.255 e. The fourth-order valence-corrected chi connectivity index (χ4v) is 2.40. The van der Waals surface area contributed by atoms with Gasteiger partial charge in [-0.2, -0.15) is 0 Å². The first-order valence-electron chi connectivity index (χ1n) is 5.27. The van der Waals surface area contributed by atoms with E-state index in [2.05, 4.69) is 9.97 Å². The van der Waals surface area contributed by atoms with Crippen molar-refractivity contribution in [2.75, 3.05) is 0 Å². The molecule has 2 aromatic heterocycles. The molecule has 0 aliphatic heterocycles. The third-order valence-corrected chi connectivity index (χ3v) is 3.37. The highest BCUT2D eigenvalue weighted by Gasteiger charge is 2.08. The molecule has 0 amide bonds. The zero-order chi connectivity index (χ0) is 12.4. The number of hydrogen-bond acceptors (Lipinski definition) is 4. The van der Waals surface area contributed by atoms with Gasteiger partial charge in [-0.1, -0.05) is 18.5 Å². The molecular weight excluding hydrogens is 258 g/mol. The third kappa shape index (κ3) is 2.73. The molecule has 0 aliphatic rings. The minimum atomic E-state index is -0.132. The Morgan fingerprint density at radius 2 is 2.24 bits per heavy atom.